The van der Waals surface area contributed by atoms with Gasteiger partial charge in [-0.05, 0) is 18.9 Å². The largest absolute Gasteiger partial charge is 0.497 e. The molecule has 0 radical (unpaired) electrons. The van der Waals surface area contributed by atoms with Crippen LogP contribution >= 0.6 is 0 Å². The van der Waals surface area contributed by atoms with Crippen LogP contribution in [0.3, 0.4) is 0 Å². The first-order valence-corrected chi connectivity index (χ1v) is 7.27. The lowest BCUT2D eigenvalue weighted by molar-refractivity contribution is 0.0697. The van der Waals surface area contributed by atoms with E-state index in [2.05, 4.69) is 15.1 Å². The zero-order valence-corrected chi connectivity index (χ0v) is 12.7. The number of carbonyl (C=O) groups is 1. The van der Waals surface area contributed by atoms with Crippen LogP contribution in [0.1, 0.15) is 41.0 Å². The highest BCUT2D eigenvalue weighted by Crippen LogP contribution is 2.26. The summed E-state index contributed by atoms with van der Waals surface area (Å²) >= 11 is 0. The summed E-state index contributed by atoms with van der Waals surface area (Å²) in [6.07, 6.45) is 3.44. The molecule has 0 bridgehead atoms. The Labute approximate surface area is 128 Å². The molecule has 0 N–H and O–H groups in total. The standard InChI is InChI=1S/C15H18N4O3/c1-10-17-14(18-22-10)11-4-3-7-19(9-11)15(20)13-8-12(21-2)5-6-16-13/h5-6,8,11H,3-4,7,9H2,1-2H3. The van der Waals surface area contributed by atoms with E-state index in [9.17, 15) is 4.79 Å². The van der Waals surface area contributed by atoms with Gasteiger partial charge in [-0.3, -0.25) is 9.78 Å². The Bertz CT molecular complexity index is 670. The molecule has 116 valence electrons. The minimum atomic E-state index is -0.0937. The molecule has 1 atom stereocenters. The number of methoxy groups -OCH3 is 1. The van der Waals surface area contributed by atoms with Crippen molar-refractivity contribution in [3.05, 3.63) is 35.7 Å². The summed E-state index contributed by atoms with van der Waals surface area (Å²) in [4.78, 5) is 22.8. The van der Waals surface area contributed by atoms with Crippen LogP contribution in [0.4, 0.5) is 0 Å². The number of ether oxygens (including phenoxy) is 1. The van der Waals surface area contributed by atoms with E-state index < -0.39 is 0 Å². The third-order valence-electron chi connectivity index (χ3n) is 3.80. The van der Waals surface area contributed by atoms with Gasteiger partial charge in [-0.1, -0.05) is 5.16 Å². The summed E-state index contributed by atoms with van der Waals surface area (Å²) < 4.78 is 10.2. The lowest BCUT2D eigenvalue weighted by atomic mass is 9.97. The number of likely N-dealkylation sites (tertiary alicyclic amines) is 1. The first kappa shape index (κ1) is 14.5. The quantitative estimate of drug-likeness (QED) is 0.860. The fraction of sp³-hybridized carbons (Fsp3) is 0.467. The molecule has 1 fully saturated rings. The van der Waals surface area contributed by atoms with E-state index in [1.54, 1.807) is 37.3 Å². The van der Waals surface area contributed by atoms with E-state index in [0.29, 0.717) is 36.2 Å². The predicted octanol–water partition coefficient (Wildman–Crippen LogP) is 1.80. The minimum absolute atomic E-state index is 0.0937. The lowest BCUT2D eigenvalue weighted by Gasteiger charge is -2.31. The van der Waals surface area contributed by atoms with Crippen molar-refractivity contribution in [2.45, 2.75) is 25.7 Å². The van der Waals surface area contributed by atoms with Crippen molar-refractivity contribution < 1.29 is 14.1 Å². The number of carbonyl (C=O) groups excluding carboxylic acids is 1. The molecule has 7 nitrogen and oxygen atoms in total. The van der Waals surface area contributed by atoms with Crippen LogP contribution in [0.15, 0.2) is 22.9 Å². The average Bonchev–Trinajstić information content (AvgIpc) is 3.01. The second-order valence-corrected chi connectivity index (χ2v) is 5.34. The molecule has 1 unspecified atom stereocenters. The fourth-order valence-corrected chi connectivity index (χ4v) is 2.67. The van der Waals surface area contributed by atoms with Crippen LogP contribution in [-0.2, 0) is 0 Å². The van der Waals surface area contributed by atoms with E-state index >= 15 is 0 Å². The van der Waals surface area contributed by atoms with Gasteiger partial charge in [0.05, 0.1) is 7.11 Å². The van der Waals surface area contributed by atoms with Crippen LogP contribution in [0, 0.1) is 6.92 Å². The highest BCUT2D eigenvalue weighted by Gasteiger charge is 2.28. The molecule has 7 heteroatoms. The molecule has 0 spiro atoms. The highest BCUT2D eigenvalue weighted by atomic mass is 16.5. The zero-order valence-electron chi connectivity index (χ0n) is 12.7. The highest BCUT2D eigenvalue weighted by molar-refractivity contribution is 5.92. The van der Waals surface area contributed by atoms with Gasteiger partial charge in [0.1, 0.15) is 11.4 Å². The summed E-state index contributed by atoms with van der Waals surface area (Å²) in [5, 5.41) is 3.97. The van der Waals surface area contributed by atoms with Crippen molar-refractivity contribution in [2.24, 2.45) is 0 Å². The number of hydrogen-bond donors (Lipinski definition) is 0. The molecule has 0 saturated carbocycles. The molecule has 22 heavy (non-hydrogen) atoms. The van der Waals surface area contributed by atoms with Crippen molar-refractivity contribution in [1.29, 1.82) is 0 Å². The Hall–Kier alpha value is -2.44. The summed E-state index contributed by atoms with van der Waals surface area (Å²) in [6.45, 7) is 3.06. The van der Waals surface area contributed by atoms with Crippen LogP contribution in [0.5, 0.6) is 5.75 Å². The van der Waals surface area contributed by atoms with E-state index in [0.717, 1.165) is 12.8 Å². The maximum atomic E-state index is 12.6. The molecule has 0 aliphatic carbocycles. The maximum absolute atomic E-state index is 12.6. The smallest absolute Gasteiger partial charge is 0.272 e. The van der Waals surface area contributed by atoms with E-state index in [1.807, 2.05) is 0 Å². The SMILES string of the molecule is COc1ccnc(C(=O)N2CCCC(c3noc(C)n3)C2)c1. The second kappa shape index (κ2) is 6.13. The first-order chi connectivity index (χ1) is 10.7. The Balaban J connectivity index is 1.75. The third kappa shape index (κ3) is 2.93. The number of rotatable bonds is 3. The minimum Gasteiger partial charge on any atom is -0.497 e. The van der Waals surface area contributed by atoms with Gasteiger partial charge in [-0.25, -0.2) is 0 Å². The topological polar surface area (TPSA) is 81.4 Å². The molecular formula is C15H18N4O3. The summed E-state index contributed by atoms with van der Waals surface area (Å²) in [7, 11) is 1.57. The Morgan fingerprint density at radius 1 is 1.50 bits per heavy atom. The molecular weight excluding hydrogens is 284 g/mol. The summed E-state index contributed by atoms with van der Waals surface area (Å²) in [5.74, 6) is 1.87. The molecule has 1 aliphatic heterocycles. The molecule has 0 aromatic carbocycles. The van der Waals surface area contributed by atoms with Crippen molar-refractivity contribution in [3.63, 3.8) is 0 Å². The number of nitrogens with zero attached hydrogens (tertiary/aromatic N) is 4. The Morgan fingerprint density at radius 3 is 3.09 bits per heavy atom. The zero-order chi connectivity index (χ0) is 15.5. The van der Waals surface area contributed by atoms with Gasteiger partial charge in [0.2, 0.25) is 5.89 Å². The first-order valence-electron chi connectivity index (χ1n) is 7.27. The number of piperidine rings is 1. The fourth-order valence-electron chi connectivity index (χ4n) is 2.67. The van der Waals surface area contributed by atoms with Crippen LogP contribution < -0.4 is 4.74 Å². The van der Waals surface area contributed by atoms with E-state index in [4.69, 9.17) is 9.26 Å². The van der Waals surface area contributed by atoms with Gasteiger partial charge in [-0.2, -0.15) is 4.98 Å². The van der Waals surface area contributed by atoms with Gasteiger partial charge in [0, 0.05) is 38.2 Å². The predicted molar refractivity (Wildman–Crippen MR) is 77.7 cm³/mol. The third-order valence-corrected chi connectivity index (χ3v) is 3.80. The number of aryl methyl sites for hydroxylation is 1. The van der Waals surface area contributed by atoms with Gasteiger partial charge in [0.15, 0.2) is 5.82 Å². The van der Waals surface area contributed by atoms with Crippen LogP contribution in [0.25, 0.3) is 0 Å². The second-order valence-electron chi connectivity index (χ2n) is 5.34. The van der Waals surface area contributed by atoms with Crippen LogP contribution in [0.2, 0.25) is 0 Å². The van der Waals surface area contributed by atoms with E-state index in [-0.39, 0.29) is 11.8 Å². The number of pyridine rings is 1. The molecule has 2 aromatic heterocycles. The number of aromatic nitrogens is 3. The lowest BCUT2D eigenvalue weighted by Crippen LogP contribution is -2.39. The Morgan fingerprint density at radius 2 is 2.36 bits per heavy atom. The summed E-state index contributed by atoms with van der Waals surface area (Å²) in [5.41, 5.74) is 0.393. The van der Waals surface area contributed by atoms with Gasteiger partial charge < -0.3 is 14.2 Å². The maximum Gasteiger partial charge on any atom is 0.272 e. The van der Waals surface area contributed by atoms with Crippen molar-refractivity contribution in [3.8, 4) is 5.75 Å². The number of hydrogen-bond acceptors (Lipinski definition) is 6. The van der Waals surface area contributed by atoms with Crippen molar-refractivity contribution in [2.75, 3.05) is 20.2 Å². The summed E-state index contributed by atoms with van der Waals surface area (Å²) in [6, 6.07) is 3.38. The molecule has 1 aliphatic rings. The normalized spacial score (nSPS) is 18.3. The van der Waals surface area contributed by atoms with Gasteiger partial charge >= 0.3 is 0 Å². The van der Waals surface area contributed by atoms with Crippen molar-refractivity contribution >= 4 is 5.91 Å². The molecule has 3 rings (SSSR count). The monoisotopic (exact) mass is 302 g/mol. The van der Waals surface area contributed by atoms with Gasteiger partial charge in [-0.15, -0.1) is 0 Å². The molecule has 2 aromatic rings. The average molecular weight is 302 g/mol. The molecule has 1 saturated heterocycles. The van der Waals surface area contributed by atoms with Gasteiger partial charge in [0.25, 0.3) is 5.91 Å². The van der Waals surface area contributed by atoms with E-state index in [1.165, 1.54) is 0 Å². The molecule has 3 heterocycles. The molecule has 1 amide bonds. The van der Waals surface area contributed by atoms with Crippen LogP contribution in [-0.4, -0.2) is 46.1 Å². The van der Waals surface area contributed by atoms with Crippen molar-refractivity contribution in [1.82, 2.24) is 20.0 Å². The number of amides is 1. The Kier molecular flexibility index (Phi) is 4.04.